The predicted molar refractivity (Wildman–Crippen MR) is 133 cm³/mol. The molecule has 8 atom stereocenters. The van der Waals surface area contributed by atoms with E-state index in [9.17, 15) is 5.11 Å². The Balaban J connectivity index is 1.22. The Kier molecular flexibility index (Phi) is 4.77. The smallest absolute Gasteiger partial charge is 0.218 e. The average molecular weight is 451 g/mol. The average Bonchev–Trinajstić information content (AvgIpc) is 3.08. The van der Waals surface area contributed by atoms with Crippen molar-refractivity contribution in [3.05, 3.63) is 42.0 Å². The molecule has 0 heterocycles. The third kappa shape index (κ3) is 2.83. The SMILES string of the molecule is C/C=C1/CC[C@H]2[C@@H]3CC[C@H]4C[C@H](O[Si](C)(C)c5ccccc5)CC[C@@]45C[C@@](O)(C[C@]12C)[C@@H]35. The summed E-state index contributed by atoms with van der Waals surface area (Å²) in [6.45, 7) is 9.45. The molecule has 3 heteroatoms. The molecule has 0 unspecified atom stereocenters. The normalized spacial score (nSPS) is 48.5. The van der Waals surface area contributed by atoms with Gasteiger partial charge in [-0.1, -0.05) is 48.9 Å². The highest BCUT2D eigenvalue weighted by Gasteiger charge is 2.75. The van der Waals surface area contributed by atoms with Crippen LogP contribution in [0.5, 0.6) is 0 Å². The first-order valence-electron chi connectivity index (χ1n) is 13.3. The van der Waals surface area contributed by atoms with E-state index >= 15 is 0 Å². The summed E-state index contributed by atoms with van der Waals surface area (Å²) < 4.78 is 6.92. The highest BCUT2D eigenvalue weighted by Crippen LogP contribution is 2.77. The maximum Gasteiger partial charge on any atom is 0.218 e. The molecule has 5 saturated carbocycles. The van der Waals surface area contributed by atoms with Crippen molar-refractivity contribution in [3.8, 4) is 0 Å². The van der Waals surface area contributed by atoms with E-state index in [4.69, 9.17) is 4.43 Å². The molecular formula is C29H42O2Si. The van der Waals surface area contributed by atoms with Crippen molar-refractivity contribution in [3.63, 3.8) is 0 Å². The Morgan fingerprint density at radius 3 is 2.59 bits per heavy atom. The van der Waals surface area contributed by atoms with Crippen molar-refractivity contribution in [1.82, 2.24) is 0 Å². The molecule has 0 bridgehead atoms. The largest absolute Gasteiger partial charge is 0.410 e. The van der Waals surface area contributed by atoms with Crippen LogP contribution in [0.4, 0.5) is 0 Å². The molecule has 32 heavy (non-hydrogen) atoms. The van der Waals surface area contributed by atoms with E-state index in [1.807, 2.05) is 0 Å². The van der Waals surface area contributed by atoms with Gasteiger partial charge in [0.1, 0.15) is 0 Å². The van der Waals surface area contributed by atoms with Gasteiger partial charge >= 0.3 is 0 Å². The predicted octanol–water partition coefficient (Wildman–Crippen LogP) is 6.20. The summed E-state index contributed by atoms with van der Waals surface area (Å²) in [6, 6.07) is 10.9. The van der Waals surface area contributed by atoms with E-state index in [0.717, 1.165) is 30.6 Å². The third-order valence-corrected chi connectivity index (χ3v) is 13.8. The van der Waals surface area contributed by atoms with Crippen molar-refractivity contribution >= 4 is 13.5 Å². The molecule has 2 nitrogen and oxygen atoms in total. The van der Waals surface area contributed by atoms with Gasteiger partial charge in [0.15, 0.2) is 0 Å². The highest BCUT2D eigenvalue weighted by molar-refractivity contribution is 6.84. The number of aliphatic hydroxyl groups is 1. The van der Waals surface area contributed by atoms with Gasteiger partial charge in [-0.3, -0.25) is 0 Å². The van der Waals surface area contributed by atoms with Crippen LogP contribution in [0.3, 0.4) is 0 Å². The maximum atomic E-state index is 11.9. The van der Waals surface area contributed by atoms with E-state index < -0.39 is 13.9 Å². The molecule has 5 aliphatic rings. The standard InChI is InChI=1S/C29H42O2Si/c1-5-20-12-14-25-24-13-11-21-17-22(31-32(3,4)23-9-7-6-8-10-23)15-16-28(21)19-29(30,26(24)28)18-27(20,25)2/h5-10,21-22,24-26,30H,11-19H2,1-4H3/b20-5-/t21-,22+,24-,25-,26-,27+,28+,29-/m0/s1. The van der Waals surface area contributed by atoms with Gasteiger partial charge in [0.05, 0.1) is 5.60 Å². The Morgan fingerprint density at radius 2 is 1.84 bits per heavy atom. The molecule has 0 saturated heterocycles. The van der Waals surface area contributed by atoms with Crippen LogP contribution in [0.2, 0.25) is 13.1 Å². The lowest BCUT2D eigenvalue weighted by Crippen LogP contribution is -2.74. The second-order valence-corrected chi connectivity index (χ2v) is 16.7. The van der Waals surface area contributed by atoms with Gasteiger partial charge in [0, 0.05) is 6.10 Å². The van der Waals surface area contributed by atoms with Crippen molar-refractivity contribution < 1.29 is 9.53 Å². The van der Waals surface area contributed by atoms with E-state index in [1.54, 1.807) is 5.57 Å². The quantitative estimate of drug-likeness (QED) is 0.439. The number of rotatable bonds is 3. The second-order valence-electron chi connectivity index (χ2n) is 12.9. The molecule has 5 aliphatic carbocycles. The molecule has 1 N–H and O–H groups in total. The van der Waals surface area contributed by atoms with Crippen LogP contribution < -0.4 is 5.19 Å². The topological polar surface area (TPSA) is 29.5 Å². The van der Waals surface area contributed by atoms with Crippen molar-refractivity contribution in [1.29, 1.82) is 0 Å². The molecule has 5 fully saturated rings. The molecule has 174 valence electrons. The molecule has 0 aliphatic heterocycles. The highest BCUT2D eigenvalue weighted by atomic mass is 28.4. The third-order valence-electron chi connectivity index (χ3n) is 11.1. The fourth-order valence-corrected chi connectivity index (χ4v) is 12.3. The molecule has 0 amide bonds. The number of benzene rings is 1. The maximum absolute atomic E-state index is 11.9. The first-order chi connectivity index (χ1) is 15.2. The number of hydrogen-bond acceptors (Lipinski definition) is 2. The lowest BCUT2D eigenvalue weighted by atomic mass is 9.31. The lowest BCUT2D eigenvalue weighted by molar-refractivity contribution is -0.311. The summed E-state index contributed by atoms with van der Waals surface area (Å²) >= 11 is 0. The summed E-state index contributed by atoms with van der Waals surface area (Å²) in [5, 5.41) is 13.4. The zero-order chi connectivity index (χ0) is 22.4. The molecule has 1 spiro atoms. The Labute approximate surface area is 196 Å². The minimum Gasteiger partial charge on any atom is -0.410 e. The fourth-order valence-electron chi connectivity index (χ4n) is 10.2. The van der Waals surface area contributed by atoms with E-state index in [-0.39, 0.29) is 5.41 Å². The summed E-state index contributed by atoms with van der Waals surface area (Å²) in [7, 11) is -1.88. The molecular weight excluding hydrogens is 408 g/mol. The van der Waals surface area contributed by atoms with Crippen LogP contribution in [0.15, 0.2) is 42.0 Å². The van der Waals surface area contributed by atoms with Crippen LogP contribution in [0.25, 0.3) is 0 Å². The zero-order valence-corrected chi connectivity index (χ0v) is 21.6. The van der Waals surface area contributed by atoms with E-state index in [2.05, 4.69) is 63.3 Å². The minimum absolute atomic E-state index is 0.255. The van der Waals surface area contributed by atoms with E-state index in [1.165, 1.54) is 50.1 Å². The molecule has 0 radical (unpaired) electrons. The number of fused-ring (bicyclic) bond motifs is 2. The summed E-state index contributed by atoms with van der Waals surface area (Å²) in [6.07, 6.45) is 13.9. The number of hydrogen-bond donors (Lipinski definition) is 1. The van der Waals surface area contributed by atoms with Crippen LogP contribution in [-0.4, -0.2) is 25.1 Å². The Bertz CT molecular complexity index is 924. The van der Waals surface area contributed by atoms with E-state index in [0.29, 0.717) is 17.4 Å². The van der Waals surface area contributed by atoms with Gasteiger partial charge in [0.25, 0.3) is 0 Å². The zero-order valence-electron chi connectivity index (χ0n) is 20.6. The van der Waals surface area contributed by atoms with Crippen molar-refractivity contribution in [2.45, 2.75) is 96.4 Å². The lowest BCUT2D eigenvalue weighted by Gasteiger charge is -2.75. The monoisotopic (exact) mass is 450 g/mol. The van der Waals surface area contributed by atoms with Gasteiger partial charge in [-0.2, -0.15) is 0 Å². The minimum atomic E-state index is -1.88. The van der Waals surface area contributed by atoms with Crippen molar-refractivity contribution in [2.24, 2.45) is 34.5 Å². The Hall–Kier alpha value is -0.903. The summed E-state index contributed by atoms with van der Waals surface area (Å²) in [4.78, 5) is 0. The molecule has 6 rings (SSSR count). The van der Waals surface area contributed by atoms with Crippen LogP contribution in [0, 0.1) is 34.5 Å². The van der Waals surface area contributed by atoms with Gasteiger partial charge in [0.2, 0.25) is 8.32 Å². The fraction of sp³-hybridized carbons (Fsp3) is 0.724. The first kappa shape index (κ1) is 21.6. The van der Waals surface area contributed by atoms with Crippen LogP contribution in [0.1, 0.15) is 71.6 Å². The van der Waals surface area contributed by atoms with Gasteiger partial charge < -0.3 is 9.53 Å². The summed E-state index contributed by atoms with van der Waals surface area (Å²) in [5.41, 5.74) is 1.90. The van der Waals surface area contributed by atoms with Gasteiger partial charge in [-0.15, -0.1) is 0 Å². The molecule has 1 aromatic carbocycles. The second kappa shape index (κ2) is 7.06. The van der Waals surface area contributed by atoms with Crippen molar-refractivity contribution in [2.75, 3.05) is 0 Å². The van der Waals surface area contributed by atoms with Crippen LogP contribution >= 0.6 is 0 Å². The van der Waals surface area contributed by atoms with Gasteiger partial charge in [-0.25, -0.2) is 0 Å². The molecule has 1 aromatic rings. The number of allylic oxidation sites excluding steroid dienone is 2. The Morgan fingerprint density at radius 1 is 1.06 bits per heavy atom. The molecule has 0 aromatic heterocycles. The van der Waals surface area contributed by atoms with Crippen LogP contribution in [-0.2, 0) is 4.43 Å². The first-order valence-corrected chi connectivity index (χ1v) is 16.2. The summed E-state index contributed by atoms with van der Waals surface area (Å²) in [5.74, 6) is 2.86. The van der Waals surface area contributed by atoms with Gasteiger partial charge in [-0.05, 0) is 117 Å².